The van der Waals surface area contributed by atoms with Gasteiger partial charge in [-0.2, -0.15) is 0 Å². The number of allylic oxidation sites excluding steroid dienone is 1. The second-order valence-electron chi connectivity index (χ2n) is 4.80. The molecule has 0 unspecified atom stereocenters. The van der Waals surface area contributed by atoms with Gasteiger partial charge in [-0.3, -0.25) is 4.79 Å². The number of anilines is 1. The fraction of sp³-hybridized carbons (Fsp3) is 0.400. The Hall–Kier alpha value is -1.09. The molecule has 0 spiro atoms. The van der Waals surface area contributed by atoms with Crippen molar-refractivity contribution in [2.24, 2.45) is 0 Å². The zero-order valence-electron chi connectivity index (χ0n) is 10.6. The summed E-state index contributed by atoms with van der Waals surface area (Å²) in [5.41, 5.74) is 3.29. The Labute approximate surface area is 117 Å². The summed E-state index contributed by atoms with van der Waals surface area (Å²) < 4.78 is 1.07. The van der Waals surface area contributed by atoms with E-state index < -0.39 is 0 Å². The molecular formula is C15H18BrNO. The molecule has 1 aliphatic carbocycles. The first-order valence-electron chi connectivity index (χ1n) is 6.39. The van der Waals surface area contributed by atoms with Crippen molar-refractivity contribution in [2.75, 3.05) is 5.32 Å². The molecule has 0 heterocycles. The molecule has 0 saturated carbocycles. The highest BCUT2D eigenvalue weighted by atomic mass is 79.9. The molecule has 0 radical (unpaired) electrons. The van der Waals surface area contributed by atoms with Gasteiger partial charge in [0, 0.05) is 16.6 Å². The summed E-state index contributed by atoms with van der Waals surface area (Å²) in [4.78, 5) is 11.9. The third kappa shape index (κ3) is 3.70. The first kappa shape index (κ1) is 13.3. The van der Waals surface area contributed by atoms with Crippen LogP contribution in [0.5, 0.6) is 0 Å². The number of carbonyl (C=O) groups is 1. The Morgan fingerprint density at radius 2 is 2.22 bits per heavy atom. The van der Waals surface area contributed by atoms with Crippen molar-refractivity contribution in [3.63, 3.8) is 0 Å². The van der Waals surface area contributed by atoms with E-state index in [4.69, 9.17) is 0 Å². The zero-order chi connectivity index (χ0) is 13.0. The standard InChI is InChI=1S/C15H18BrNO/c1-11-9-13(7-8-14(11)16)17-15(18)10-12-5-3-2-4-6-12/h5,7-9H,2-4,6,10H2,1H3,(H,17,18). The third-order valence-electron chi connectivity index (χ3n) is 3.21. The number of hydrogen-bond acceptors (Lipinski definition) is 1. The molecule has 0 atom stereocenters. The van der Waals surface area contributed by atoms with E-state index in [-0.39, 0.29) is 5.91 Å². The summed E-state index contributed by atoms with van der Waals surface area (Å²) in [5.74, 6) is 0.0878. The average molecular weight is 308 g/mol. The summed E-state index contributed by atoms with van der Waals surface area (Å²) in [7, 11) is 0. The van der Waals surface area contributed by atoms with Gasteiger partial charge in [-0.05, 0) is 56.4 Å². The second-order valence-corrected chi connectivity index (χ2v) is 5.65. The van der Waals surface area contributed by atoms with Crippen LogP contribution >= 0.6 is 15.9 Å². The number of hydrogen-bond donors (Lipinski definition) is 1. The largest absolute Gasteiger partial charge is 0.326 e. The lowest BCUT2D eigenvalue weighted by molar-refractivity contribution is -0.115. The van der Waals surface area contributed by atoms with Crippen LogP contribution in [0, 0.1) is 6.92 Å². The molecule has 18 heavy (non-hydrogen) atoms. The molecule has 1 aromatic carbocycles. The third-order valence-corrected chi connectivity index (χ3v) is 4.10. The molecule has 1 amide bonds. The quantitative estimate of drug-likeness (QED) is 0.813. The van der Waals surface area contributed by atoms with Crippen LogP contribution in [0.15, 0.2) is 34.3 Å². The molecule has 0 aromatic heterocycles. The molecule has 0 aliphatic heterocycles. The molecule has 1 N–H and O–H groups in total. The van der Waals surface area contributed by atoms with Gasteiger partial charge in [0.25, 0.3) is 0 Å². The van der Waals surface area contributed by atoms with E-state index in [0.717, 1.165) is 28.6 Å². The summed E-state index contributed by atoms with van der Waals surface area (Å²) in [5, 5.41) is 2.96. The zero-order valence-corrected chi connectivity index (χ0v) is 12.2. The van der Waals surface area contributed by atoms with Crippen LogP contribution in [-0.4, -0.2) is 5.91 Å². The van der Waals surface area contributed by atoms with Gasteiger partial charge in [-0.1, -0.05) is 27.6 Å². The fourth-order valence-corrected chi connectivity index (χ4v) is 2.45. The van der Waals surface area contributed by atoms with Crippen LogP contribution in [0.2, 0.25) is 0 Å². The maximum Gasteiger partial charge on any atom is 0.228 e. The van der Waals surface area contributed by atoms with E-state index in [1.54, 1.807) is 0 Å². The molecule has 0 fully saturated rings. The fourth-order valence-electron chi connectivity index (χ4n) is 2.20. The molecule has 96 valence electrons. The van der Waals surface area contributed by atoms with Crippen molar-refractivity contribution in [1.82, 2.24) is 0 Å². The van der Waals surface area contributed by atoms with Crippen LogP contribution in [0.4, 0.5) is 5.69 Å². The average Bonchev–Trinajstić information content (AvgIpc) is 2.35. The predicted octanol–water partition coefficient (Wildman–Crippen LogP) is 4.59. The number of carbonyl (C=O) groups excluding carboxylic acids is 1. The van der Waals surface area contributed by atoms with Crippen molar-refractivity contribution in [1.29, 1.82) is 0 Å². The van der Waals surface area contributed by atoms with Crippen LogP contribution in [0.25, 0.3) is 0 Å². The Morgan fingerprint density at radius 1 is 1.39 bits per heavy atom. The van der Waals surface area contributed by atoms with Crippen molar-refractivity contribution < 1.29 is 4.79 Å². The number of halogens is 1. The lowest BCUT2D eigenvalue weighted by Crippen LogP contribution is -2.13. The van der Waals surface area contributed by atoms with Crippen molar-refractivity contribution in [3.8, 4) is 0 Å². The number of amides is 1. The first-order chi connectivity index (χ1) is 8.65. The molecule has 1 aromatic rings. The van der Waals surface area contributed by atoms with E-state index in [0.29, 0.717) is 6.42 Å². The minimum absolute atomic E-state index is 0.0878. The molecule has 3 heteroatoms. The number of rotatable bonds is 3. The molecule has 0 saturated heterocycles. The van der Waals surface area contributed by atoms with E-state index in [9.17, 15) is 4.79 Å². The highest BCUT2D eigenvalue weighted by molar-refractivity contribution is 9.10. The maximum atomic E-state index is 11.9. The van der Waals surface area contributed by atoms with Gasteiger partial charge in [0.15, 0.2) is 0 Å². The molecule has 2 rings (SSSR count). The monoisotopic (exact) mass is 307 g/mol. The summed E-state index contributed by atoms with van der Waals surface area (Å²) >= 11 is 3.45. The van der Waals surface area contributed by atoms with E-state index in [2.05, 4.69) is 27.3 Å². The Kier molecular flexibility index (Phi) is 4.59. The van der Waals surface area contributed by atoms with Gasteiger partial charge in [0.1, 0.15) is 0 Å². The second kappa shape index (κ2) is 6.19. The number of aryl methyl sites for hydroxylation is 1. The van der Waals surface area contributed by atoms with Crippen LogP contribution in [0.3, 0.4) is 0 Å². The van der Waals surface area contributed by atoms with Gasteiger partial charge >= 0.3 is 0 Å². The van der Waals surface area contributed by atoms with Gasteiger partial charge in [0.2, 0.25) is 5.91 Å². The van der Waals surface area contributed by atoms with Crippen molar-refractivity contribution in [3.05, 3.63) is 39.9 Å². The molecular weight excluding hydrogens is 290 g/mol. The highest BCUT2D eigenvalue weighted by Crippen LogP contribution is 2.22. The van der Waals surface area contributed by atoms with E-state index in [1.807, 2.05) is 25.1 Å². The minimum atomic E-state index is 0.0878. The maximum absolute atomic E-state index is 11.9. The predicted molar refractivity (Wildman–Crippen MR) is 78.7 cm³/mol. The normalized spacial score (nSPS) is 15.1. The lowest BCUT2D eigenvalue weighted by atomic mass is 9.97. The summed E-state index contributed by atoms with van der Waals surface area (Å²) in [6, 6.07) is 5.87. The molecule has 0 bridgehead atoms. The van der Waals surface area contributed by atoms with Gasteiger partial charge in [-0.15, -0.1) is 0 Å². The SMILES string of the molecule is Cc1cc(NC(=O)CC2=CCCCC2)ccc1Br. The summed E-state index contributed by atoms with van der Waals surface area (Å²) in [6.07, 6.45) is 7.44. The first-order valence-corrected chi connectivity index (χ1v) is 7.18. The van der Waals surface area contributed by atoms with Crippen molar-refractivity contribution in [2.45, 2.75) is 39.0 Å². The van der Waals surface area contributed by atoms with E-state index >= 15 is 0 Å². The smallest absolute Gasteiger partial charge is 0.228 e. The van der Waals surface area contributed by atoms with Crippen LogP contribution in [-0.2, 0) is 4.79 Å². The van der Waals surface area contributed by atoms with E-state index in [1.165, 1.54) is 18.4 Å². The van der Waals surface area contributed by atoms with Gasteiger partial charge in [-0.25, -0.2) is 0 Å². The Bertz CT molecular complexity index is 479. The molecule has 2 nitrogen and oxygen atoms in total. The summed E-state index contributed by atoms with van der Waals surface area (Å²) in [6.45, 7) is 2.02. The number of benzene rings is 1. The highest BCUT2D eigenvalue weighted by Gasteiger charge is 2.09. The van der Waals surface area contributed by atoms with Gasteiger partial charge < -0.3 is 5.32 Å². The van der Waals surface area contributed by atoms with Gasteiger partial charge in [0.05, 0.1) is 0 Å². The number of nitrogens with one attached hydrogen (secondary N) is 1. The Morgan fingerprint density at radius 3 is 2.89 bits per heavy atom. The molecule has 1 aliphatic rings. The Balaban J connectivity index is 1.94. The van der Waals surface area contributed by atoms with Crippen molar-refractivity contribution >= 4 is 27.5 Å². The van der Waals surface area contributed by atoms with Crippen LogP contribution in [0.1, 0.15) is 37.7 Å². The topological polar surface area (TPSA) is 29.1 Å². The minimum Gasteiger partial charge on any atom is -0.326 e. The lowest BCUT2D eigenvalue weighted by Gasteiger charge is -2.13. The van der Waals surface area contributed by atoms with Crippen LogP contribution < -0.4 is 5.32 Å².